The Morgan fingerprint density at radius 1 is 1.09 bits per heavy atom. The largest absolute Gasteiger partial charge is 0.250 e. The van der Waals surface area contributed by atoms with E-state index in [1.165, 1.54) is 0 Å². The van der Waals surface area contributed by atoms with E-state index in [2.05, 4.69) is 33.5 Å². The molecule has 5 heteroatoms. The lowest BCUT2D eigenvalue weighted by Crippen LogP contribution is -1.94. The minimum atomic E-state index is 0.465. The first-order chi connectivity index (χ1) is 11.2. The normalized spacial score (nSPS) is 12.0. The van der Waals surface area contributed by atoms with Crippen LogP contribution < -0.4 is 0 Å². The van der Waals surface area contributed by atoms with Gasteiger partial charge in [0.15, 0.2) is 5.82 Å². The second kappa shape index (κ2) is 6.98. The van der Waals surface area contributed by atoms with Crippen LogP contribution in [0.25, 0.3) is 17.5 Å². The molecule has 4 nitrogen and oxygen atoms in total. The van der Waals surface area contributed by atoms with E-state index in [9.17, 15) is 0 Å². The molecule has 0 unspecified atom stereocenters. The maximum atomic E-state index is 5.27. The number of rotatable bonds is 4. The Morgan fingerprint density at radius 3 is 2.43 bits per heavy atom. The summed E-state index contributed by atoms with van der Waals surface area (Å²) in [5.41, 5.74) is 3.12. The SMILES string of the molecule is CC(/C=N\n1c(-c2ccccc2)n[nH]c1=S)=C\c1ccccc1. The van der Waals surface area contributed by atoms with Crippen LogP contribution in [0.4, 0.5) is 0 Å². The summed E-state index contributed by atoms with van der Waals surface area (Å²) in [6.45, 7) is 2.00. The Hall–Kier alpha value is -2.79. The Bertz CT molecular complexity index is 890. The Labute approximate surface area is 139 Å². The van der Waals surface area contributed by atoms with Crippen LogP contribution in [-0.4, -0.2) is 21.1 Å². The monoisotopic (exact) mass is 320 g/mol. The summed E-state index contributed by atoms with van der Waals surface area (Å²) in [5.74, 6) is 0.694. The molecule has 0 amide bonds. The van der Waals surface area contributed by atoms with Crippen LogP contribution in [0.5, 0.6) is 0 Å². The van der Waals surface area contributed by atoms with Gasteiger partial charge in [0, 0.05) is 5.56 Å². The standard InChI is InChI=1S/C18H16N4S/c1-14(12-15-8-4-2-5-9-15)13-19-22-17(20-21-18(22)23)16-10-6-3-7-11-16/h2-13H,1H3,(H,21,23)/b14-12+,19-13-. The molecule has 0 aliphatic carbocycles. The molecule has 0 aliphatic rings. The molecule has 0 aliphatic heterocycles. The summed E-state index contributed by atoms with van der Waals surface area (Å²) >= 11 is 5.27. The van der Waals surface area contributed by atoms with Crippen LogP contribution in [0.3, 0.4) is 0 Å². The van der Waals surface area contributed by atoms with Gasteiger partial charge in [0.25, 0.3) is 0 Å². The minimum absolute atomic E-state index is 0.465. The van der Waals surface area contributed by atoms with Gasteiger partial charge in [-0.1, -0.05) is 66.7 Å². The highest BCUT2D eigenvalue weighted by Gasteiger charge is 2.06. The highest BCUT2D eigenvalue weighted by molar-refractivity contribution is 7.71. The number of nitrogens with zero attached hydrogens (tertiary/aromatic N) is 3. The molecular weight excluding hydrogens is 304 g/mol. The first kappa shape index (κ1) is 15.1. The van der Waals surface area contributed by atoms with Gasteiger partial charge in [-0.05, 0) is 30.3 Å². The number of aromatic nitrogens is 3. The van der Waals surface area contributed by atoms with Crippen molar-refractivity contribution in [3.05, 3.63) is 76.6 Å². The van der Waals surface area contributed by atoms with Gasteiger partial charge >= 0.3 is 0 Å². The van der Waals surface area contributed by atoms with Crippen molar-refractivity contribution in [1.82, 2.24) is 14.9 Å². The molecular formula is C18H16N4S. The second-order valence-corrected chi connectivity index (χ2v) is 5.46. The lowest BCUT2D eigenvalue weighted by molar-refractivity contribution is 0.871. The number of hydrogen-bond acceptors (Lipinski definition) is 3. The Balaban J connectivity index is 1.90. The van der Waals surface area contributed by atoms with Gasteiger partial charge in [-0.15, -0.1) is 0 Å². The van der Waals surface area contributed by atoms with E-state index in [1.807, 2.05) is 55.5 Å². The molecule has 0 fully saturated rings. The van der Waals surface area contributed by atoms with Crippen molar-refractivity contribution in [3.63, 3.8) is 0 Å². The summed E-state index contributed by atoms with van der Waals surface area (Å²) in [7, 11) is 0. The van der Waals surface area contributed by atoms with E-state index in [0.29, 0.717) is 10.6 Å². The van der Waals surface area contributed by atoms with E-state index in [4.69, 9.17) is 12.2 Å². The molecule has 0 saturated heterocycles. The van der Waals surface area contributed by atoms with E-state index in [0.717, 1.165) is 16.7 Å². The Kier molecular flexibility index (Phi) is 4.59. The smallest absolute Gasteiger partial charge is 0.216 e. The van der Waals surface area contributed by atoms with Crippen molar-refractivity contribution in [1.29, 1.82) is 0 Å². The molecule has 1 heterocycles. The molecule has 1 aromatic heterocycles. The van der Waals surface area contributed by atoms with Gasteiger partial charge in [-0.25, -0.2) is 5.10 Å². The van der Waals surface area contributed by atoms with Crippen molar-refractivity contribution in [2.24, 2.45) is 5.10 Å². The molecule has 3 aromatic rings. The lowest BCUT2D eigenvalue weighted by Gasteiger charge is -2.00. The van der Waals surface area contributed by atoms with Crippen LogP contribution in [0.1, 0.15) is 12.5 Å². The minimum Gasteiger partial charge on any atom is -0.250 e. The van der Waals surface area contributed by atoms with E-state index in [-0.39, 0.29) is 0 Å². The molecule has 1 N–H and O–H groups in total. The third-order valence-electron chi connectivity index (χ3n) is 3.25. The van der Waals surface area contributed by atoms with E-state index in [1.54, 1.807) is 10.9 Å². The third kappa shape index (κ3) is 3.70. The van der Waals surface area contributed by atoms with Gasteiger partial charge in [-0.2, -0.15) is 14.9 Å². The predicted molar refractivity (Wildman–Crippen MR) is 96.8 cm³/mol. The Morgan fingerprint density at radius 2 is 1.74 bits per heavy atom. The zero-order valence-electron chi connectivity index (χ0n) is 12.7. The summed E-state index contributed by atoms with van der Waals surface area (Å²) < 4.78 is 2.10. The zero-order chi connectivity index (χ0) is 16.1. The summed E-state index contributed by atoms with van der Waals surface area (Å²) in [4.78, 5) is 0. The summed E-state index contributed by atoms with van der Waals surface area (Å²) in [6, 6.07) is 20.0. The maximum absolute atomic E-state index is 5.27. The lowest BCUT2D eigenvalue weighted by atomic mass is 10.1. The van der Waals surface area contributed by atoms with Crippen molar-refractivity contribution >= 4 is 24.5 Å². The number of benzene rings is 2. The predicted octanol–water partition coefficient (Wildman–Crippen LogP) is 4.55. The van der Waals surface area contributed by atoms with E-state index < -0.39 is 0 Å². The highest BCUT2D eigenvalue weighted by atomic mass is 32.1. The first-order valence-corrected chi connectivity index (χ1v) is 7.65. The van der Waals surface area contributed by atoms with Gasteiger partial charge in [0.1, 0.15) is 0 Å². The average Bonchev–Trinajstić information content (AvgIpc) is 2.95. The average molecular weight is 320 g/mol. The fourth-order valence-corrected chi connectivity index (χ4v) is 2.35. The number of allylic oxidation sites excluding steroid dienone is 1. The molecule has 23 heavy (non-hydrogen) atoms. The second-order valence-electron chi connectivity index (χ2n) is 5.07. The first-order valence-electron chi connectivity index (χ1n) is 7.24. The highest BCUT2D eigenvalue weighted by Crippen LogP contribution is 2.16. The third-order valence-corrected chi connectivity index (χ3v) is 3.52. The van der Waals surface area contributed by atoms with Gasteiger partial charge in [0.05, 0.1) is 6.21 Å². The van der Waals surface area contributed by atoms with Crippen molar-refractivity contribution in [2.45, 2.75) is 6.92 Å². The van der Waals surface area contributed by atoms with Crippen LogP contribution >= 0.6 is 12.2 Å². The maximum Gasteiger partial charge on any atom is 0.216 e. The van der Waals surface area contributed by atoms with Crippen molar-refractivity contribution < 1.29 is 0 Å². The van der Waals surface area contributed by atoms with Crippen LogP contribution in [0.15, 0.2) is 71.3 Å². The summed E-state index contributed by atoms with van der Waals surface area (Å²) in [6.07, 6.45) is 3.85. The van der Waals surface area contributed by atoms with Crippen molar-refractivity contribution in [2.75, 3.05) is 0 Å². The van der Waals surface area contributed by atoms with Gasteiger partial charge in [0.2, 0.25) is 4.77 Å². The molecule has 0 saturated carbocycles. The zero-order valence-corrected chi connectivity index (χ0v) is 13.5. The number of nitrogens with one attached hydrogen (secondary N) is 1. The molecule has 0 radical (unpaired) electrons. The number of hydrogen-bond donors (Lipinski definition) is 1. The molecule has 0 atom stereocenters. The van der Waals surface area contributed by atoms with Crippen LogP contribution in [-0.2, 0) is 0 Å². The van der Waals surface area contributed by atoms with Gasteiger partial charge < -0.3 is 0 Å². The van der Waals surface area contributed by atoms with Crippen molar-refractivity contribution in [3.8, 4) is 11.4 Å². The summed E-state index contributed by atoms with van der Waals surface area (Å²) in [5, 5.41) is 11.5. The molecule has 0 spiro atoms. The topological polar surface area (TPSA) is 46.0 Å². The number of H-pyrrole nitrogens is 1. The van der Waals surface area contributed by atoms with Crippen LogP contribution in [0, 0.1) is 4.77 Å². The van der Waals surface area contributed by atoms with Gasteiger partial charge in [-0.3, -0.25) is 0 Å². The molecule has 114 valence electrons. The number of aromatic amines is 1. The van der Waals surface area contributed by atoms with Crippen LogP contribution in [0.2, 0.25) is 0 Å². The fraction of sp³-hybridized carbons (Fsp3) is 0.0556. The molecule has 2 aromatic carbocycles. The quantitative estimate of drug-likeness (QED) is 0.566. The molecule has 0 bridgehead atoms. The van der Waals surface area contributed by atoms with E-state index >= 15 is 0 Å². The fourth-order valence-electron chi connectivity index (χ4n) is 2.17. The molecule has 3 rings (SSSR count).